The van der Waals surface area contributed by atoms with Gasteiger partial charge in [-0.15, -0.1) is 37.2 Å². The van der Waals surface area contributed by atoms with Gasteiger partial charge >= 0.3 is 0 Å². The topological polar surface area (TPSA) is 91.5 Å². The van der Waals surface area contributed by atoms with E-state index in [9.17, 15) is 0 Å². The maximum absolute atomic E-state index is 5.42. The van der Waals surface area contributed by atoms with E-state index in [-0.39, 0.29) is 37.2 Å². The monoisotopic (exact) mass is 885 g/mol. The van der Waals surface area contributed by atoms with Crippen molar-refractivity contribution in [2.75, 3.05) is 81.9 Å². The summed E-state index contributed by atoms with van der Waals surface area (Å²) in [5.74, 6) is 7.05. The van der Waals surface area contributed by atoms with Gasteiger partial charge in [-0.1, -0.05) is 0 Å². The predicted octanol–water partition coefficient (Wildman–Crippen LogP) is 8.13. The minimum Gasteiger partial charge on any atom is -0.497 e. The number of rotatable bonds is 9. The van der Waals surface area contributed by atoms with Crippen molar-refractivity contribution >= 4 is 69.1 Å². The van der Waals surface area contributed by atoms with E-state index < -0.39 is 0 Å². The molecule has 3 N–H and O–H groups in total. The smallest absolute Gasteiger partial charge is 0.133 e. The first-order valence-electron chi connectivity index (χ1n) is 16.0. The molecule has 282 valence electrons. The number of ether oxygens (including phenoxy) is 6. The van der Waals surface area contributed by atoms with Gasteiger partial charge in [-0.3, -0.25) is 0 Å². The fraction of sp³-hybridized carbons (Fsp3) is 0.500. The van der Waals surface area contributed by atoms with Crippen molar-refractivity contribution in [3.8, 4) is 34.5 Å². The summed E-state index contributed by atoms with van der Waals surface area (Å²) < 4.78 is 34.0. The Morgan fingerprint density at radius 3 is 1.12 bits per heavy atom. The first-order valence-corrected chi connectivity index (χ1v) is 17.6. The summed E-state index contributed by atoms with van der Waals surface area (Å²) >= 11 is 6.94. The molecule has 9 nitrogen and oxygen atoms in total. The third-order valence-electron chi connectivity index (χ3n) is 8.95. The molecule has 3 aliphatic rings. The molecule has 1 unspecified atom stereocenters. The van der Waals surface area contributed by atoms with Gasteiger partial charge in [0, 0.05) is 54.1 Å². The standard InChI is InChI=1S/2C12H16BrNO2.C12H17NO2.3ClH/c2*1-15-11-6-10(13)12(16-2)5-9(11)8-3-4-14-7-8;1-14-10-3-4-12(15-2)11(7-10)9-5-6-13-8-9;;;/h2*5-6,8,14H,3-4,7H2,1-2H3;3-4,7,9,13H,5-6,8H2,1-2H3;3*1H/t2*8-;;;;/m10..../s1. The van der Waals surface area contributed by atoms with E-state index in [2.05, 4.69) is 66.0 Å². The second-order valence-electron chi connectivity index (χ2n) is 11.6. The van der Waals surface area contributed by atoms with E-state index in [1.54, 1.807) is 42.7 Å². The zero-order chi connectivity index (χ0) is 33.8. The van der Waals surface area contributed by atoms with Gasteiger partial charge in [-0.25, -0.2) is 0 Å². The highest BCUT2D eigenvalue weighted by atomic mass is 79.9. The largest absolute Gasteiger partial charge is 0.497 e. The van der Waals surface area contributed by atoms with Gasteiger partial charge < -0.3 is 44.4 Å². The molecule has 3 aliphatic heterocycles. The number of hydrogen-bond acceptors (Lipinski definition) is 9. The maximum atomic E-state index is 5.42. The molecule has 3 heterocycles. The van der Waals surface area contributed by atoms with Crippen molar-refractivity contribution in [1.29, 1.82) is 0 Å². The van der Waals surface area contributed by atoms with Crippen molar-refractivity contribution in [3.63, 3.8) is 0 Å². The van der Waals surface area contributed by atoms with E-state index in [4.69, 9.17) is 28.4 Å². The summed E-state index contributed by atoms with van der Waals surface area (Å²) in [6.45, 7) is 6.30. The quantitative estimate of drug-likeness (QED) is 0.197. The second-order valence-corrected chi connectivity index (χ2v) is 13.3. The SMILES string of the molecule is COc1cc([C@@H]2CCNC2)c(OC)cc1Br.COc1cc([C@H]2CCNC2)c(OC)cc1Br.COc1ccc(OC)c(C2CCNC2)c1.Cl.Cl.Cl. The number of halogens is 5. The lowest BCUT2D eigenvalue weighted by Gasteiger charge is -2.16. The highest BCUT2D eigenvalue weighted by molar-refractivity contribution is 9.11. The molecule has 0 amide bonds. The summed E-state index contributed by atoms with van der Waals surface area (Å²) in [7, 11) is 10.2. The van der Waals surface area contributed by atoms with E-state index in [1.165, 1.54) is 23.1 Å². The van der Waals surface area contributed by atoms with Gasteiger partial charge in [0.25, 0.3) is 0 Å². The molecule has 0 bridgehead atoms. The van der Waals surface area contributed by atoms with Crippen LogP contribution in [0.5, 0.6) is 34.5 Å². The highest BCUT2D eigenvalue weighted by Crippen LogP contribution is 2.40. The van der Waals surface area contributed by atoms with Crippen LogP contribution in [0.15, 0.2) is 51.4 Å². The normalized spacial score (nSPS) is 18.8. The Balaban J connectivity index is 0.000000364. The summed E-state index contributed by atoms with van der Waals surface area (Å²) in [6.07, 6.45) is 3.48. The molecule has 50 heavy (non-hydrogen) atoms. The molecule has 3 aromatic rings. The van der Waals surface area contributed by atoms with Crippen LogP contribution in [0.2, 0.25) is 0 Å². The molecule has 0 aromatic heterocycles. The minimum atomic E-state index is 0. The third kappa shape index (κ3) is 12.1. The summed E-state index contributed by atoms with van der Waals surface area (Å²) in [4.78, 5) is 0. The van der Waals surface area contributed by atoms with Crippen LogP contribution in [0.3, 0.4) is 0 Å². The number of benzene rings is 3. The first kappa shape index (κ1) is 46.2. The van der Waals surface area contributed by atoms with E-state index >= 15 is 0 Å². The molecule has 0 spiro atoms. The summed E-state index contributed by atoms with van der Waals surface area (Å²) in [5.41, 5.74) is 3.71. The first-order chi connectivity index (χ1) is 22.9. The van der Waals surface area contributed by atoms with Gasteiger partial charge in [-0.05, 0) is 113 Å². The Labute approximate surface area is 333 Å². The number of hydrogen-bond donors (Lipinski definition) is 3. The van der Waals surface area contributed by atoms with E-state index in [0.717, 1.165) is 95.6 Å². The minimum absolute atomic E-state index is 0. The van der Waals surface area contributed by atoms with Crippen molar-refractivity contribution in [1.82, 2.24) is 16.0 Å². The zero-order valence-corrected chi connectivity index (χ0v) is 35.2. The second kappa shape index (κ2) is 23.7. The Bertz CT molecular complexity index is 1370. The molecule has 3 saturated heterocycles. The van der Waals surface area contributed by atoms with Crippen LogP contribution in [-0.2, 0) is 0 Å². The third-order valence-corrected chi connectivity index (χ3v) is 10.2. The summed E-state index contributed by atoms with van der Waals surface area (Å²) in [5, 5.41) is 10.1. The van der Waals surface area contributed by atoms with Crippen LogP contribution in [0.1, 0.15) is 53.7 Å². The Morgan fingerprint density at radius 2 is 0.820 bits per heavy atom. The summed E-state index contributed by atoms with van der Waals surface area (Å²) in [6, 6.07) is 14.1. The maximum Gasteiger partial charge on any atom is 0.133 e. The lowest BCUT2D eigenvalue weighted by atomic mass is 9.97. The van der Waals surface area contributed by atoms with Gasteiger partial charge in [0.1, 0.15) is 34.5 Å². The Morgan fingerprint density at radius 1 is 0.460 bits per heavy atom. The zero-order valence-electron chi connectivity index (χ0n) is 29.6. The molecule has 0 saturated carbocycles. The lowest BCUT2D eigenvalue weighted by molar-refractivity contribution is 0.394. The van der Waals surface area contributed by atoms with Crippen LogP contribution in [0.4, 0.5) is 0 Å². The van der Waals surface area contributed by atoms with E-state index in [0.29, 0.717) is 17.8 Å². The molecule has 3 aromatic carbocycles. The van der Waals surface area contributed by atoms with E-state index in [1.807, 2.05) is 24.3 Å². The van der Waals surface area contributed by atoms with Crippen molar-refractivity contribution in [2.45, 2.75) is 37.0 Å². The molecule has 6 rings (SSSR count). The lowest BCUT2D eigenvalue weighted by Crippen LogP contribution is -2.09. The number of nitrogens with one attached hydrogen (secondary N) is 3. The highest BCUT2D eigenvalue weighted by Gasteiger charge is 2.24. The fourth-order valence-electron chi connectivity index (χ4n) is 6.32. The number of methoxy groups -OCH3 is 6. The molecular formula is C36H52Br2Cl3N3O6. The molecule has 3 atom stereocenters. The van der Waals surface area contributed by atoms with Crippen LogP contribution in [0, 0.1) is 0 Å². The van der Waals surface area contributed by atoms with Crippen LogP contribution >= 0.6 is 69.1 Å². The Hall–Kier alpha value is -1.83. The molecule has 0 aliphatic carbocycles. The van der Waals surface area contributed by atoms with Crippen molar-refractivity contribution < 1.29 is 28.4 Å². The molecule has 3 fully saturated rings. The molecular weight excluding hydrogens is 837 g/mol. The van der Waals surface area contributed by atoms with Gasteiger partial charge in [0.05, 0.1) is 51.6 Å². The van der Waals surface area contributed by atoms with Crippen LogP contribution in [-0.4, -0.2) is 81.9 Å². The average molecular weight is 889 g/mol. The average Bonchev–Trinajstić information content (AvgIpc) is 3.93. The Kier molecular flexibility index (Phi) is 21.9. The predicted molar refractivity (Wildman–Crippen MR) is 216 cm³/mol. The van der Waals surface area contributed by atoms with Crippen molar-refractivity contribution in [3.05, 3.63) is 68.1 Å². The fourth-order valence-corrected chi connectivity index (χ4v) is 7.29. The molecule has 14 heteroatoms. The van der Waals surface area contributed by atoms with Crippen LogP contribution < -0.4 is 44.4 Å². The van der Waals surface area contributed by atoms with Gasteiger partial charge in [-0.2, -0.15) is 0 Å². The van der Waals surface area contributed by atoms with Crippen molar-refractivity contribution in [2.24, 2.45) is 0 Å². The molecule has 0 radical (unpaired) electrons. The van der Waals surface area contributed by atoms with Gasteiger partial charge in [0.2, 0.25) is 0 Å². The van der Waals surface area contributed by atoms with Crippen LogP contribution in [0.25, 0.3) is 0 Å². The van der Waals surface area contributed by atoms with Gasteiger partial charge in [0.15, 0.2) is 0 Å².